The van der Waals surface area contributed by atoms with Gasteiger partial charge in [0.1, 0.15) is 11.4 Å². The average molecular weight is 406 g/mol. The van der Waals surface area contributed by atoms with E-state index in [9.17, 15) is 4.79 Å². The highest BCUT2D eigenvalue weighted by Crippen LogP contribution is 2.22. The standard InChI is InChI=1S/C23H26N4O3/c1-29-19-10-7-17(8-11-19)9-12-22(28)27-14-4-5-18(16-27)15-21-25-23(30-26-21)20-6-2-3-13-24-20/h2-3,6-8,10-11,13,18H,4-5,9,12,14-16H2,1H3. The van der Waals surface area contributed by atoms with Gasteiger partial charge in [-0.3, -0.25) is 9.78 Å². The number of amides is 1. The third-order valence-corrected chi connectivity index (χ3v) is 5.48. The van der Waals surface area contributed by atoms with Crippen LogP contribution in [0.25, 0.3) is 11.6 Å². The number of carbonyl (C=O) groups excluding carboxylic acids is 1. The van der Waals surface area contributed by atoms with Crippen molar-refractivity contribution in [2.75, 3.05) is 20.2 Å². The van der Waals surface area contributed by atoms with Gasteiger partial charge in [0.05, 0.1) is 7.11 Å². The number of hydrogen-bond acceptors (Lipinski definition) is 6. The van der Waals surface area contributed by atoms with E-state index in [2.05, 4.69) is 15.1 Å². The van der Waals surface area contributed by atoms with Crippen molar-refractivity contribution in [1.82, 2.24) is 20.0 Å². The van der Waals surface area contributed by atoms with Gasteiger partial charge in [-0.05, 0) is 55.0 Å². The minimum absolute atomic E-state index is 0.206. The lowest BCUT2D eigenvalue weighted by molar-refractivity contribution is -0.133. The highest BCUT2D eigenvalue weighted by atomic mass is 16.5. The van der Waals surface area contributed by atoms with Crippen LogP contribution in [0.5, 0.6) is 5.75 Å². The number of ether oxygens (including phenoxy) is 1. The van der Waals surface area contributed by atoms with Crippen molar-refractivity contribution in [3.63, 3.8) is 0 Å². The molecule has 0 radical (unpaired) electrons. The van der Waals surface area contributed by atoms with Crippen LogP contribution in [0, 0.1) is 5.92 Å². The van der Waals surface area contributed by atoms with Crippen molar-refractivity contribution in [2.45, 2.75) is 32.1 Å². The van der Waals surface area contributed by atoms with Crippen molar-refractivity contribution in [2.24, 2.45) is 5.92 Å². The summed E-state index contributed by atoms with van der Waals surface area (Å²) in [7, 11) is 1.65. The molecule has 2 aromatic heterocycles. The first-order chi connectivity index (χ1) is 14.7. The van der Waals surface area contributed by atoms with E-state index >= 15 is 0 Å². The zero-order chi connectivity index (χ0) is 20.8. The second-order valence-electron chi connectivity index (χ2n) is 7.63. The Hall–Kier alpha value is -3.22. The molecule has 0 saturated carbocycles. The molecular formula is C23H26N4O3. The molecule has 1 aliphatic heterocycles. The van der Waals surface area contributed by atoms with Gasteiger partial charge in [0.15, 0.2) is 5.82 Å². The van der Waals surface area contributed by atoms with Gasteiger partial charge in [-0.15, -0.1) is 0 Å². The molecule has 1 aromatic carbocycles. The smallest absolute Gasteiger partial charge is 0.276 e. The van der Waals surface area contributed by atoms with E-state index in [-0.39, 0.29) is 5.91 Å². The Bertz CT molecular complexity index is 956. The molecule has 7 heteroatoms. The van der Waals surface area contributed by atoms with Crippen LogP contribution in [-0.2, 0) is 17.6 Å². The molecule has 1 aliphatic rings. The van der Waals surface area contributed by atoms with Crippen LogP contribution in [0.1, 0.15) is 30.7 Å². The predicted molar refractivity (Wildman–Crippen MR) is 112 cm³/mol. The summed E-state index contributed by atoms with van der Waals surface area (Å²) < 4.78 is 10.5. The number of piperidine rings is 1. The van der Waals surface area contributed by atoms with Crippen molar-refractivity contribution in [3.05, 3.63) is 60.0 Å². The molecule has 7 nitrogen and oxygen atoms in total. The van der Waals surface area contributed by atoms with Crippen molar-refractivity contribution in [1.29, 1.82) is 0 Å². The van der Waals surface area contributed by atoms with E-state index in [1.165, 1.54) is 0 Å². The van der Waals surface area contributed by atoms with Crippen LogP contribution in [0.2, 0.25) is 0 Å². The molecule has 1 amide bonds. The van der Waals surface area contributed by atoms with Gasteiger partial charge >= 0.3 is 0 Å². The molecule has 156 valence electrons. The number of carbonyl (C=O) groups is 1. The first-order valence-corrected chi connectivity index (χ1v) is 10.4. The fraction of sp³-hybridized carbons (Fsp3) is 0.391. The molecule has 1 unspecified atom stereocenters. The molecule has 0 aliphatic carbocycles. The van der Waals surface area contributed by atoms with Gasteiger partial charge in [-0.25, -0.2) is 0 Å². The van der Waals surface area contributed by atoms with E-state index in [0.29, 0.717) is 36.2 Å². The molecule has 0 N–H and O–H groups in total. The fourth-order valence-corrected chi connectivity index (χ4v) is 3.85. The van der Waals surface area contributed by atoms with Gasteiger partial charge in [0.2, 0.25) is 5.91 Å². The van der Waals surface area contributed by atoms with Crippen molar-refractivity contribution >= 4 is 5.91 Å². The Kier molecular flexibility index (Phi) is 6.37. The normalized spacial score (nSPS) is 16.4. The van der Waals surface area contributed by atoms with Crippen LogP contribution < -0.4 is 4.74 Å². The molecular weight excluding hydrogens is 380 g/mol. The quantitative estimate of drug-likeness (QED) is 0.597. The lowest BCUT2D eigenvalue weighted by Crippen LogP contribution is -2.40. The Morgan fingerprint density at radius 3 is 2.87 bits per heavy atom. The van der Waals surface area contributed by atoms with Gasteiger partial charge in [-0.1, -0.05) is 23.4 Å². The second-order valence-corrected chi connectivity index (χ2v) is 7.63. The highest BCUT2D eigenvalue weighted by Gasteiger charge is 2.25. The maximum Gasteiger partial charge on any atom is 0.276 e. The number of aryl methyl sites for hydroxylation is 1. The first-order valence-electron chi connectivity index (χ1n) is 10.4. The highest BCUT2D eigenvalue weighted by molar-refractivity contribution is 5.76. The molecule has 30 heavy (non-hydrogen) atoms. The number of likely N-dealkylation sites (tertiary alicyclic amines) is 1. The average Bonchev–Trinajstić information content (AvgIpc) is 3.27. The van der Waals surface area contributed by atoms with Crippen LogP contribution in [0.3, 0.4) is 0 Å². The van der Waals surface area contributed by atoms with Crippen LogP contribution in [0.4, 0.5) is 0 Å². The lowest BCUT2D eigenvalue weighted by Gasteiger charge is -2.32. The van der Waals surface area contributed by atoms with Gasteiger partial charge in [0.25, 0.3) is 5.89 Å². The summed E-state index contributed by atoms with van der Waals surface area (Å²) in [6, 6.07) is 13.5. The number of nitrogens with zero attached hydrogens (tertiary/aromatic N) is 4. The third-order valence-electron chi connectivity index (χ3n) is 5.48. The molecule has 3 heterocycles. The molecule has 1 atom stereocenters. The number of hydrogen-bond donors (Lipinski definition) is 0. The van der Waals surface area contributed by atoms with E-state index in [4.69, 9.17) is 9.26 Å². The lowest BCUT2D eigenvalue weighted by atomic mass is 9.94. The maximum atomic E-state index is 12.7. The minimum atomic E-state index is 0.206. The molecule has 0 spiro atoms. The monoisotopic (exact) mass is 406 g/mol. The zero-order valence-corrected chi connectivity index (χ0v) is 17.2. The number of rotatable bonds is 7. The molecule has 3 aromatic rings. The van der Waals surface area contributed by atoms with E-state index in [0.717, 1.165) is 43.7 Å². The number of pyridine rings is 1. The number of aromatic nitrogens is 3. The van der Waals surface area contributed by atoms with E-state index < -0.39 is 0 Å². The summed E-state index contributed by atoms with van der Waals surface area (Å²) in [5, 5.41) is 4.11. The first kappa shape index (κ1) is 20.1. The zero-order valence-electron chi connectivity index (χ0n) is 17.2. The Balaban J connectivity index is 1.29. The van der Waals surface area contributed by atoms with Gasteiger partial charge in [-0.2, -0.15) is 4.98 Å². The predicted octanol–water partition coefficient (Wildman–Crippen LogP) is 3.55. The van der Waals surface area contributed by atoms with Crippen molar-refractivity contribution < 1.29 is 14.1 Å². The second kappa shape index (κ2) is 9.52. The van der Waals surface area contributed by atoms with E-state index in [1.54, 1.807) is 13.3 Å². The third kappa shape index (κ3) is 5.03. The Morgan fingerprint density at radius 1 is 1.23 bits per heavy atom. The van der Waals surface area contributed by atoms with Crippen molar-refractivity contribution in [3.8, 4) is 17.3 Å². The summed E-state index contributed by atoms with van der Waals surface area (Å²) >= 11 is 0. The summed E-state index contributed by atoms with van der Waals surface area (Å²) in [6.45, 7) is 1.57. The molecule has 4 rings (SSSR count). The molecule has 0 bridgehead atoms. The molecule has 1 fully saturated rings. The summed E-state index contributed by atoms with van der Waals surface area (Å²) in [5.74, 6) is 2.49. The van der Waals surface area contributed by atoms with E-state index in [1.807, 2.05) is 47.4 Å². The maximum absolute atomic E-state index is 12.7. The van der Waals surface area contributed by atoms with Crippen LogP contribution in [-0.4, -0.2) is 46.1 Å². The topological polar surface area (TPSA) is 81.4 Å². The largest absolute Gasteiger partial charge is 0.497 e. The SMILES string of the molecule is COc1ccc(CCC(=O)N2CCCC(Cc3noc(-c4ccccn4)n3)C2)cc1. The minimum Gasteiger partial charge on any atom is -0.497 e. The Morgan fingerprint density at radius 2 is 2.10 bits per heavy atom. The number of methoxy groups -OCH3 is 1. The molecule has 1 saturated heterocycles. The van der Waals surface area contributed by atoms with Gasteiger partial charge in [0, 0.05) is 32.1 Å². The summed E-state index contributed by atoms with van der Waals surface area (Å²) in [4.78, 5) is 23.4. The fourth-order valence-electron chi connectivity index (χ4n) is 3.85. The summed E-state index contributed by atoms with van der Waals surface area (Å²) in [6.07, 6.45) is 5.74. The van der Waals surface area contributed by atoms with Gasteiger partial charge < -0.3 is 14.2 Å². The van der Waals surface area contributed by atoms with Crippen LogP contribution >= 0.6 is 0 Å². The summed E-state index contributed by atoms with van der Waals surface area (Å²) in [5.41, 5.74) is 1.82. The Labute approximate surface area is 176 Å². The van der Waals surface area contributed by atoms with Crippen LogP contribution in [0.15, 0.2) is 53.2 Å². The number of benzene rings is 1.